The Labute approximate surface area is 152 Å². The Morgan fingerprint density at radius 3 is 3.08 bits per heavy atom. The number of thiophene rings is 1. The second-order valence-electron chi connectivity index (χ2n) is 6.74. The normalized spacial score (nSPS) is 24.1. The Kier molecular flexibility index (Phi) is 4.83. The molecule has 0 bridgehead atoms. The van der Waals surface area contributed by atoms with Gasteiger partial charge in [0.05, 0.1) is 24.3 Å². The first-order valence-corrected chi connectivity index (χ1v) is 9.68. The summed E-state index contributed by atoms with van der Waals surface area (Å²) in [5, 5.41) is 1.99. The Hall–Kier alpha value is -1.76. The molecule has 2 aromatic heterocycles. The van der Waals surface area contributed by atoms with Crippen molar-refractivity contribution >= 4 is 17.2 Å². The molecule has 2 saturated heterocycles. The Morgan fingerprint density at radius 2 is 2.32 bits per heavy atom. The molecule has 0 aliphatic carbocycles. The van der Waals surface area contributed by atoms with Crippen molar-refractivity contribution in [3.63, 3.8) is 0 Å². The van der Waals surface area contributed by atoms with Crippen molar-refractivity contribution in [2.75, 3.05) is 26.2 Å². The summed E-state index contributed by atoms with van der Waals surface area (Å²) in [6, 6.07) is 6.28. The number of hydrogen-bond acceptors (Lipinski definition) is 5. The molecule has 4 rings (SSSR count). The van der Waals surface area contributed by atoms with Crippen LogP contribution in [0.15, 0.2) is 36.0 Å². The van der Waals surface area contributed by atoms with Crippen molar-refractivity contribution in [2.24, 2.45) is 0 Å². The third-order valence-corrected chi connectivity index (χ3v) is 6.03. The molecule has 2 fully saturated rings. The number of rotatable bonds is 3. The van der Waals surface area contributed by atoms with Gasteiger partial charge in [-0.3, -0.25) is 14.7 Å². The van der Waals surface area contributed by atoms with Gasteiger partial charge in [0.2, 0.25) is 0 Å². The average Bonchev–Trinajstić information content (AvgIpc) is 3.08. The molecule has 4 heterocycles. The lowest BCUT2D eigenvalue weighted by molar-refractivity contribution is -0.101. The summed E-state index contributed by atoms with van der Waals surface area (Å²) in [6.07, 6.45) is 4.85. The van der Waals surface area contributed by atoms with Gasteiger partial charge in [-0.15, -0.1) is 11.3 Å². The number of piperidine rings is 1. The Morgan fingerprint density at radius 1 is 1.40 bits per heavy atom. The molecule has 0 aromatic carbocycles. The highest BCUT2D eigenvalue weighted by atomic mass is 32.1. The zero-order valence-corrected chi connectivity index (χ0v) is 15.2. The number of ether oxygens (including phenoxy) is 1. The topological polar surface area (TPSA) is 45.7 Å². The molecule has 0 spiro atoms. The first-order valence-electron chi connectivity index (χ1n) is 8.80. The van der Waals surface area contributed by atoms with Gasteiger partial charge in [-0.25, -0.2) is 0 Å². The van der Waals surface area contributed by atoms with Crippen molar-refractivity contribution in [2.45, 2.75) is 32.0 Å². The van der Waals surface area contributed by atoms with Gasteiger partial charge in [-0.2, -0.15) is 0 Å². The molecule has 25 heavy (non-hydrogen) atoms. The van der Waals surface area contributed by atoms with Crippen LogP contribution in [0.1, 0.15) is 27.2 Å². The van der Waals surface area contributed by atoms with Gasteiger partial charge in [0.15, 0.2) is 0 Å². The van der Waals surface area contributed by atoms with Crippen LogP contribution in [0.3, 0.4) is 0 Å². The highest BCUT2D eigenvalue weighted by Crippen LogP contribution is 2.26. The van der Waals surface area contributed by atoms with E-state index < -0.39 is 0 Å². The van der Waals surface area contributed by atoms with E-state index in [0.29, 0.717) is 0 Å². The third kappa shape index (κ3) is 3.47. The molecule has 132 valence electrons. The number of pyridine rings is 1. The fraction of sp³-hybridized carbons (Fsp3) is 0.474. The summed E-state index contributed by atoms with van der Waals surface area (Å²) < 4.78 is 6.00. The fourth-order valence-corrected chi connectivity index (χ4v) is 4.52. The van der Waals surface area contributed by atoms with E-state index in [-0.39, 0.29) is 18.1 Å². The first-order chi connectivity index (χ1) is 12.2. The molecule has 1 amide bonds. The van der Waals surface area contributed by atoms with Crippen molar-refractivity contribution in [3.05, 3.63) is 52.0 Å². The number of likely N-dealkylation sites (tertiary alicyclic amines) is 1. The van der Waals surface area contributed by atoms with E-state index in [1.54, 1.807) is 17.5 Å². The van der Waals surface area contributed by atoms with Gasteiger partial charge in [0.1, 0.15) is 0 Å². The van der Waals surface area contributed by atoms with E-state index in [1.807, 2.05) is 35.5 Å². The second kappa shape index (κ2) is 7.23. The van der Waals surface area contributed by atoms with Crippen molar-refractivity contribution in [3.8, 4) is 0 Å². The van der Waals surface area contributed by atoms with E-state index in [2.05, 4.69) is 16.0 Å². The molecule has 0 radical (unpaired) electrons. The Balaban J connectivity index is 1.49. The molecule has 0 saturated carbocycles. The van der Waals surface area contributed by atoms with Gasteiger partial charge >= 0.3 is 0 Å². The molecule has 2 aliphatic rings. The van der Waals surface area contributed by atoms with Crippen LogP contribution in [0.5, 0.6) is 0 Å². The molecule has 0 N–H and O–H groups in total. The predicted octanol–water partition coefficient (Wildman–Crippen LogP) is 2.57. The average molecular weight is 357 g/mol. The summed E-state index contributed by atoms with van der Waals surface area (Å²) in [5.41, 5.74) is 2.05. The fourth-order valence-electron chi connectivity index (χ4n) is 3.83. The van der Waals surface area contributed by atoms with Gasteiger partial charge in [-0.05, 0) is 36.4 Å². The van der Waals surface area contributed by atoms with E-state index in [4.69, 9.17) is 4.74 Å². The number of morpholine rings is 1. The number of fused-ring (bicyclic) bond motifs is 1. The Bertz CT molecular complexity index is 733. The monoisotopic (exact) mass is 357 g/mol. The number of aryl methyl sites for hydroxylation is 1. The lowest BCUT2D eigenvalue weighted by Gasteiger charge is -2.47. The van der Waals surface area contributed by atoms with E-state index >= 15 is 0 Å². The number of carbonyl (C=O) groups is 1. The summed E-state index contributed by atoms with van der Waals surface area (Å²) in [6.45, 7) is 6.05. The molecule has 5 nitrogen and oxygen atoms in total. The predicted molar refractivity (Wildman–Crippen MR) is 97.8 cm³/mol. The van der Waals surface area contributed by atoms with E-state index in [0.717, 1.165) is 49.6 Å². The van der Waals surface area contributed by atoms with E-state index in [9.17, 15) is 4.79 Å². The number of carbonyl (C=O) groups excluding carboxylic acids is 1. The van der Waals surface area contributed by atoms with Crippen LogP contribution in [0.4, 0.5) is 0 Å². The van der Waals surface area contributed by atoms with Gasteiger partial charge in [0, 0.05) is 43.4 Å². The number of amides is 1. The third-order valence-electron chi connectivity index (χ3n) is 5.18. The van der Waals surface area contributed by atoms with Crippen LogP contribution in [0.25, 0.3) is 0 Å². The lowest BCUT2D eigenvalue weighted by atomic mass is 9.97. The highest BCUT2D eigenvalue weighted by Gasteiger charge is 2.38. The van der Waals surface area contributed by atoms with Gasteiger partial charge < -0.3 is 9.64 Å². The molecule has 0 unspecified atom stereocenters. The van der Waals surface area contributed by atoms with Crippen LogP contribution >= 0.6 is 11.3 Å². The van der Waals surface area contributed by atoms with Crippen LogP contribution < -0.4 is 0 Å². The minimum absolute atomic E-state index is 0.157. The van der Waals surface area contributed by atoms with Crippen molar-refractivity contribution in [1.82, 2.24) is 14.8 Å². The molecule has 6 heteroatoms. The zero-order valence-electron chi connectivity index (χ0n) is 14.4. The molecule has 2 aliphatic heterocycles. The van der Waals surface area contributed by atoms with Gasteiger partial charge in [-0.1, -0.05) is 6.07 Å². The molecule has 2 atom stereocenters. The number of aromatic nitrogens is 1. The smallest absolute Gasteiger partial charge is 0.255 e. The zero-order chi connectivity index (χ0) is 17.2. The highest BCUT2D eigenvalue weighted by molar-refractivity contribution is 7.10. The number of hydrogen-bond donors (Lipinski definition) is 0. The van der Waals surface area contributed by atoms with E-state index in [1.165, 1.54) is 5.56 Å². The van der Waals surface area contributed by atoms with Gasteiger partial charge in [0.25, 0.3) is 5.91 Å². The second-order valence-corrected chi connectivity index (χ2v) is 7.86. The number of nitrogens with zero attached hydrogens (tertiary/aromatic N) is 3. The maximum atomic E-state index is 12.9. The quantitative estimate of drug-likeness (QED) is 0.847. The summed E-state index contributed by atoms with van der Waals surface area (Å²) >= 11 is 1.63. The molecular weight excluding hydrogens is 334 g/mol. The lowest BCUT2D eigenvalue weighted by Crippen LogP contribution is -2.60. The van der Waals surface area contributed by atoms with Crippen LogP contribution in [-0.4, -0.2) is 59.1 Å². The van der Waals surface area contributed by atoms with Crippen molar-refractivity contribution < 1.29 is 9.53 Å². The van der Waals surface area contributed by atoms with Crippen LogP contribution in [0, 0.1) is 6.92 Å². The standard InChI is InChI=1S/C19H23N3O2S/c1-14-16(5-10-25-14)19(23)22-7-4-18-17(13-22)21(8-9-24-18)12-15-3-2-6-20-11-15/h2-3,5-6,10-11,17-18H,4,7-9,12-13H2,1H3/t17-,18-/m0/s1. The summed E-state index contributed by atoms with van der Waals surface area (Å²) in [5.74, 6) is 0.157. The van der Waals surface area contributed by atoms with Crippen LogP contribution in [0.2, 0.25) is 0 Å². The minimum Gasteiger partial charge on any atom is -0.375 e. The first kappa shape index (κ1) is 16.7. The minimum atomic E-state index is 0.157. The molecule has 2 aromatic rings. The summed E-state index contributed by atoms with van der Waals surface area (Å²) in [7, 11) is 0. The largest absolute Gasteiger partial charge is 0.375 e. The maximum absolute atomic E-state index is 12.9. The van der Waals surface area contributed by atoms with Crippen molar-refractivity contribution in [1.29, 1.82) is 0 Å². The van der Waals surface area contributed by atoms with Crippen LogP contribution in [-0.2, 0) is 11.3 Å². The molecular formula is C19H23N3O2S. The maximum Gasteiger partial charge on any atom is 0.255 e. The SMILES string of the molecule is Cc1sccc1C(=O)N1CC[C@@H]2OCCN(Cc3cccnc3)[C@H]2C1. The summed E-state index contributed by atoms with van der Waals surface area (Å²) in [4.78, 5) is 22.7.